The molecule has 25 heavy (non-hydrogen) atoms. The van der Waals surface area contributed by atoms with E-state index >= 15 is 0 Å². The van der Waals surface area contributed by atoms with Crippen molar-refractivity contribution in [2.75, 3.05) is 11.1 Å². The van der Waals surface area contributed by atoms with E-state index in [4.69, 9.17) is 17.3 Å². The summed E-state index contributed by atoms with van der Waals surface area (Å²) in [5.41, 5.74) is 10.7. The van der Waals surface area contributed by atoms with E-state index in [0.717, 1.165) is 5.56 Å². The summed E-state index contributed by atoms with van der Waals surface area (Å²) in [6.45, 7) is 1.77. The van der Waals surface area contributed by atoms with Gasteiger partial charge in [0.25, 0.3) is 0 Å². The quantitative estimate of drug-likeness (QED) is 0.420. The van der Waals surface area contributed by atoms with E-state index < -0.39 is 0 Å². The number of amides is 2. The molecule has 7 heteroatoms. The van der Waals surface area contributed by atoms with Crippen molar-refractivity contribution in [3.8, 4) is 0 Å². The van der Waals surface area contributed by atoms with Crippen LogP contribution in [0.3, 0.4) is 0 Å². The lowest BCUT2D eigenvalue weighted by atomic mass is 10.1. The molecule has 2 rings (SSSR count). The van der Waals surface area contributed by atoms with E-state index in [1.807, 2.05) is 12.1 Å². The van der Waals surface area contributed by atoms with Gasteiger partial charge >= 0.3 is 0 Å². The minimum absolute atomic E-state index is 0.0226. The number of carbonyl (C=O) groups excluding carboxylic acids is 2. The minimum atomic E-state index is -0.343. The van der Waals surface area contributed by atoms with Gasteiger partial charge in [-0.15, -0.1) is 0 Å². The van der Waals surface area contributed by atoms with E-state index in [-0.39, 0.29) is 24.7 Å². The van der Waals surface area contributed by atoms with Gasteiger partial charge in [-0.2, -0.15) is 5.10 Å². The number of benzene rings is 2. The number of carbonyl (C=O) groups is 2. The molecule has 0 bridgehead atoms. The number of nitrogens with two attached hydrogens (primary N) is 1. The standard InChI is InChI=1S/C18H19ClN4O2/c1-12(13-6-8-14(20)9-7-13)22-23-18(25)11-10-17(24)21-16-5-3-2-4-15(16)19/h2-9H,10-11,20H2,1H3,(H,21,24)(H,23,25)/b22-12-. The molecular weight excluding hydrogens is 340 g/mol. The highest BCUT2D eigenvalue weighted by Crippen LogP contribution is 2.20. The summed E-state index contributed by atoms with van der Waals surface area (Å²) in [7, 11) is 0. The van der Waals surface area contributed by atoms with Crippen molar-refractivity contribution in [3.05, 3.63) is 59.1 Å². The van der Waals surface area contributed by atoms with Gasteiger partial charge in [-0.25, -0.2) is 5.43 Å². The molecule has 0 aliphatic carbocycles. The lowest BCUT2D eigenvalue weighted by Crippen LogP contribution is -2.21. The molecule has 130 valence electrons. The van der Waals surface area contributed by atoms with Crippen LogP contribution in [0.4, 0.5) is 11.4 Å². The van der Waals surface area contributed by atoms with Gasteiger partial charge in [0.1, 0.15) is 0 Å². The van der Waals surface area contributed by atoms with Crippen molar-refractivity contribution in [2.24, 2.45) is 5.10 Å². The molecule has 0 spiro atoms. The average molecular weight is 359 g/mol. The van der Waals surface area contributed by atoms with Gasteiger partial charge in [0.15, 0.2) is 0 Å². The first kappa shape index (κ1) is 18.5. The molecule has 2 aromatic carbocycles. The third kappa shape index (κ3) is 5.93. The van der Waals surface area contributed by atoms with E-state index in [2.05, 4.69) is 15.8 Å². The zero-order chi connectivity index (χ0) is 18.2. The van der Waals surface area contributed by atoms with Crippen molar-refractivity contribution in [1.29, 1.82) is 0 Å². The Morgan fingerprint density at radius 2 is 1.68 bits per heavy atom. The van der Waals surface area contributed by atoms with Gasteiger partial charge in [0.2, 0.25) is 11.8 Å². The number of nitrogens with one attached hydrogen (secondary N) is 2. The van der Waals surface area contributed by atoms with Crippen LogP contribution in [0.2, 0.25) is 5.02 Å². The molecule has 0 radical (unpaired) electrons. The third-order valence-electron chi connectivity index (χ3n) is 3.40. The van der Waals surface area contributed by atoms with Crippen molar-refractivity contribution in [1.82, 2.24) is 5.43 Å². The second-order valence-electron chi connectivity index (χ2n) is 5.38. The molecule has 2 aromatic rings. The second-order valence-corrected chi connectivity index (χ2v) is 5.79. The summed E-state index contributed by atoms with van der Waals surface area (Å²) in [6, 6.07) is 14.1. The van der Waals surface area contributed by atoms with Crippen molar-refractivity contribution in [2.45, 2.75) is 19.8 Å². The number of para-hydroxylation sites is 1. The highest BCUT2D eigenvalue weighted by atomic mass is 35.5. The fraction of sp³-hybridized carbons (Fsp3) is 0.167. The molecule has 0 saturated heterocycles. The Labute approximate surface area is 151 Å². The third-order valence-corrected chi connectivity index (χ3v) is 3.73. The lowest BCUT2D eigenvalue weighted by molar-refractivity contribution is -0.124. The largest absolute Gasteiger partial charge is 0.399 e. The van der Waals surface area contributed by atoms with Gasteiger partial charge in [0.05, 0.1) is 16.4 Å². The molecule has 0 saturated carbocycles. The van der Waals surface area contributed by atoms with Gasteiger partial charge in [0, 0.05) is 18.5 Å². The molecule has 6 nitrogen and oxygen atoms in total. The number of nitrogens with zero attached hydrogens (tertiary/aromatic N) is 1. The normalized spacial score (nSPS) is 11.0. The molecule has 0 unspecified atom stereocenters. The predicted molar refractivity (Wildman–Crippen MR) is 101 cm³/mol. The summed E-state index contributed by atoms with van der Waals surface area (Å²) in [5, 5.41) is 7.13. The van der Waals surface area contributed by atoms with E-state index in [9.17, 15) is 9.59 Å². The number of rotatable bonds is 6. The Morgan fingerprint density at radius 3 is 2.36 bits per heavy atom. The van der Waals surface area contributed by atoms with Gasteiger partial charge < -0.3 is 11.1 Å². The molecule has 0 aliphatic rings. The van der Waals surface area contributed by atoms with E-state index in [0.29, 0.717) is 22.1 Å². The summed E-state index contributed by atoms with van der Waals surface area (Å²) in [4.78, 5) is 23.7. The topological polar surface area (TPSA) is 96.6 Å². The van der Waals surface area contributed by atoms with Crippen LogP contribution in [0.25, 0.3) is 0 Å². The van der Waals surface area contributed by atoms with Crippen LogP contribution >= 0.6 is 11.6 Å². The van der Waals surface area contributed by atoms with E-state index in [1.54, 1.807) is 43.3 Å². The van der Waals surface area contributed by atoms with E-state index in [1.165, 1.54) is 0 Å². The second kappa shape index (κ2) is 8.84. The Balaban J connectivity index is 1.80. The Bertz CT molecular complexity index is 788. The summed E-state index contributed by atoms with van der Waals surface area (Å²) in [5.74, 6) is -0.633. The van der Waals surface area contributed by atoms with Gasteiger partial charge in [-0.05, 0) is 36.8 Å². The van der Waals surface area contributed by atoms with Gasteiger partial charge in [-0.1, -0.05) is 35.9 Å². The van der Waals surface area contributed by atoms with Crippen LogP contribution < -0.4 is 16.5 Å². The highest BCUT2D eigenvalue weighted by Gasteiger charge is 2.08. The first-order chi connectivity index (χ1) is 12.0. The summed E-state index contributed by atoms with van der Waals surface area (Å²) < 4.78 is 0. The number of nitrogen functional groups attached to an aromatic ring is 1. The molecule has 0 heterocycles. The summed E-state index contributed by atoms with van der Waals surface area (Å²) in [6.07, 6.45) is 0.0578. The minimum Gasteiger partial charge on any atom is -0.399 e. The lowest BCUT2D eigenvalue weighted by Gasteiger charge is -2.07. The summed E-state index contributed by atoms with van der Waals surface area (Å²) >= 11 is 5.96. The monoisotopic (exact) mass is 358 g/mol. The number of hydrogen-bond donors (Lipinski definition) is 3. The number of anilines is 2. The predicted octanol–water partition coefficient (Wildman–Crippen LogP) is 3.18. The van der Waals surface area contributed by atoms with Gasteiger partial charge in [-0.3, -0.25) is 9.59 Å². The van der Waals surface area contributed by atoms with Crippen molar-refractivity contribution >= 4 is 40.5 Å². The highest BCUT2D eigenvalue weighted by molar-refractivity contribution is 6.33. The first-order valence-corrected chi connectivity index (χ1v) is 8.07. The molecule has 2 amide bonds. The zero-order valence-corrected chi connectivity index (χ0v) is 14.5. The Hall–Kier alpha value is -2.86. The van der Waals surface area contributed by atoms with Crippen LogP contribution in [0.5, 0.6) is 0 Å². The molecule has 0 fully saturated rings. The van der Waals surface area contributed by atoms with Crippen LogP contribution in [-0.2, 0) is 9.59 Å². The molecule has 0 atom stereocenters. The SMILES string of the molecule is C/C(=N/NC(=O)CCC(=O)Nc1ccccc1Cl)c1ccc(N)cc1. The smallest absolute Gasteiger partial charge is 0.240 e. The maximum Gasteiger partial charge on any atom is 0.240 e. The molecule has 0 aliphatic heterocycles. The van der Waals surface area contributed by atoms with Crippen LogP contribution in [-0.4, -0.2) is 17.5 Å². The van der Waals surface area contributed by atoms with Crippen molar-refractivity contribution < 1.29 is 9.59 Å². The molecule has 0 aromatic heterocycles. The first-order valence-electron chi connectivity index (χ1n) is 7.69. The van der Waals surface area contributed by atoms with Crippen LogP contribution in [0.15, 0.2) is 53.6 Å². The fourth-order valence-electron chi connectivity index (χ4n) is 1.99. The van der Waals surface area contributed by atoms with Crippen LogP contribution in [0, 0.1) is 0 Å². The van der Waals surface area contributed by atoms with Crippen LogP contribution in [0.1, 0.15) is 25.3 Å². The number of halogens is 1. The molecule has 4 N–H and O–H groups in total. The maximum atomic E-state index is 11.9. The Morgan fingerprint density at radius 1 is 1.04 bits per heavy atom. The number of hydrazone groups is 1. The number of hydrogen-bond acceptors (Lipinski definition) is 4. The maximum absolute atomic E-state index is 11.9. The average Bonchev–Trinajstić information content (AvgIpc) is 2.60. The fourth-order valence-corrected chi connectivity index (χ4v) is 2.18. The Kier molecular flexibility index (Phi) is 6.54. The zero-order valence-electron chi connectivity index (χ0n) is 13.8. The molecular formula is C18H19ClN4O2. The van der Waals surface area contributed by atoms with Crippen molar-refractivity contribution in [3.63, 3.8) is 0 Å².